The average Bonchev–Trinajstić information content (AvgIpc) is 3.06. The van der Waals surface area contributed by atoms with Crippen molar-refractivity contribution in [3.05, 3.63) is 108 Å². The Kier molecular flexibility index (Phi) is 4.36. The molecule has 0 bridgehead atoms. The molecule has 0 radical (unpaired) electrons. The van der Waals surface area contributed by atoms with Crippen LogP contribution in [0.4, 0.5) is 8.78 Å². The Morgan fingerprint density at radius 2 is 1.00 bits per heavy atom. The zero-order valence-corrected chi connectivity index (χ0v) is 14.1. The van der Waals surface area contributed by atoms with Crippen molar-refractivity contribution in [3.63, 3.8) is 0 Å². The van der Waals surface area contributed by atoms with E-state index in [1.807, 2.05) is 47.0 Å². The van der Waals surface area contributed by atoms with Crippen LogP contribution in [0.2, 0.25) is 0 Å². The first-order valence-corrected chi connectivity index (χ1v) is 8.47. The molecule has 26 heavy (non-hydrogen) atoms. The zero-order valence-electron chi connectivity index (χ0n) is 14.1. The van der Waals surface area contributed by atoms with Crippen molar-refractivity contribution in [2.24, 2.45) is 0 Å². The van der Waals surface area contributed by atoms with Gasteiger partial charge >= 0.3 is 0 Å². The molecule has 3 aromatic carbocycles. The van der Waals surface area contributed by atoms with Gasteiger partial charge in [0.25, 0.3) is 0 Å². The van der Waals surface area contributed by atoms with Crippen molar-refractivity contribution in [1.82, 2.24) is 4.57 Å². The Bertz CT molecular complexity index is 972. The minimum atomic E-state index is -0.292. The largest absolute Gasteiger partial charge is 0.336 e. The lowest BCUT2D eigenvalue weighted by Crippen LogP contribution is -2.05. The Balaban J connectivity index is 1.91. The molecule has 0 aliphatic heterocycles. The van der Waals surface area contributed by atoms with E-state index in [0.29, 0.717) is 17.7 Å². The third-order valence-electron chi connectivity index (χ3n) is 4.46. The normalized spacial score (nSPS) is 10.8. The summed E-state index contributed by atoms with van der Waals surface area (Å²) in [6, 6.07) is 26.9. The molecule has 0 saturated heterocycles. The van der Waals surface area contributed by atoms with Crippen LogP contribution in [0.15, 0.2) is 91.0 Å². The molecule has 1 aromatic heterocycles. The summed E-state index contributed by atoms with van der Waals surface area (Å²) in [7, 11) is 0. The molecule has 1 nitrogen and oxygen atoms in total. The number of hydrogen-bond donors (Lipinski definition) is 0. The lowest BCUT2D eigenvalue weighted by molar-refractivity contribution is 0.626. The van der Waals surface area contributed by atoms with Crippen LogP contribution in [-0.2, 0) is 6.54 Å². The second-order valence-corrected chi connectivity index (χ2v) is 6.14. The van der Waals surface area contributed by atoms with E-state index in [-0.39, 0.29) is 11.6 Å². The van der Waals surface area contributed by atoms with Crippen LogP contribution in [0, 0.1) is 11.6 Å². The van der Waals surface area contributed by atoms with E-state index in [9.17, 15) is 8.78 Å². The molecule has 0 saturated carbocycles. The summed E-state index contributed by atoms with van der Waals surface area (Å²) >= 11 is 0. The van der Waals surface area contributed by atoms with Crippen LogP contribution in [0.1, 0.15) is 5.56 Å². The van der Waals surface area contributed by atoms with Gasteiger partial charge in [0.05, 0.1) is 11.4 Å². The predicted molar refractivity (Wildman–Crippen MR) is 101 cm³/mol. The van der Waals surface area contributed by atoms with Crippen LogP contribution in [0.25, 0.3) is 22.5 Å². The van der Waals surface area contributed by atoms with Crippen LogP contribution >= 0.6 is 0 Å². The summed E-state index contributed by atoms with van der Waals surface area (Å²) in [5, 5.41) is 0. The minimum absolute atomic E-state index is 0.292. The summed E-state index contributed by atoms with van der Waals surface area (Å²) < 4.78 is 30.8. The highest BCUT2D eigenvalue weighted by molar-refractivity contribution is 5.70. The van der Waals surface area contributed by atoms with Crippen molar-refractivity contribution in [2.75, 3.05) is 0 Å². The van der Waals surface area contributed by atoms with Crippen molar-refractivity contribution in [1.29, 1.82) is 0 Å². The fraction of sp³-hybridized carbons (Fsp3) is 0.0435. The minimum Gasteiger partial charge on any atom is -0.336 e. The molecule has 0 atom stereocenters. The lowest BCUT2D eigenvalue weighted by atomic mass is 10.1. The first kappa shape index (κ1) is 16.3. The van der Waals surface area contributed by atoms with Gasteiger partial charge in [-0.15, -0.1) is 0 Å². The molecule has 4 aromatic rings. The standard InChI is InChI=1S/C23H17F2N/c24-20-12-6-4-10-18(20)22-14-15-23(19-11-5-7-13-21(19)25)26(22)16-17-8-2-1-3-9-17/h1-15H,16H2. The van der Waals surface area contributed by atoms with Gasteiger partial charge in [-0.25, -0.2) is 8.78 Å². The van der Waals surface area contributed by atoms with Gasteiger partial charge < -0.3 is 4.57 Å². The van der Waals surface area contributed by atoms with Gasteiger partial charge in [0, 0.05) is 17.7 Å². The first-order valence-electron chi connectivity index (χ1n) is 8.47. The molecule has 3 heteroatoms. The van der Waals surface area contributed by atoms with E-state index in [0.717, 1.165) is 17.0 Å². The fourth-order valence-corrected chi connectivity index (χ4v) is 3.21. The van der Waals surface area contributed by atoms with Crippen molar-refractivity contribution in [2.45, 2.75) is 6.54 Å². The molecule has 0 N–H and O–H groups in total. The molecular formula is C23H17F2N. The number of benzene rings is 3. The molecule has 0 amide bonds. The summed E-state index contributed by atoms with van der Waals surface area (Å²) in [5.74, 6) is -0.583. The number of halogens is 2. The third kappa shape index (κ3) is 3.04. The topological polar surface area (TPSA) is 4.93 Å². The van der Waals surface area contributed by atoms with Gasteiger partial charge in [-0.05, 0) is 42.0 Å². The highest BCUT2D eigenvalue weighted by Gasteiger charge is 2.16. The van der Waals surface area contributed by atoms with E-state index in [1.165, 1.54) is 12.1 Å². The molecule has 0 aliphatic rings. The Hall–Kier alpha value is -3.20. The monoisotopic (exact) mass is 345 g/mol. The number of rotatable bonds is 4. The number of hydrogen-bond acceptors (Lipinski definition) is 0. The second-order valence-electron chi connectivity index (χ2n) is 6.14. The smallest absolute Gasteiger partial charge is 0.132 e. The van der Waals surface area contributed by atoms with Crippen LogP contribution in [0.5, 0.6) is 0 Å². The van der Waals surface area contributed by atoms with Crippen molar-refractivity contribution in [3.8, 4) is 22.5 Å². The summed E-state index contributed by atoms with van der Waals surface area (Å²) in [4.78, 5) is 0. The van der Waals surface area contributed by atoms with E-state index >= 15 is 0 Å². The van der Waals surface area contributed by atoms with E-state index in [4.69, 9.17) is 0 Å². The van der Waals surface area contributed by atoms with Gasteiger partial charge in [0.2, 0.25) is 0 Å². The van der Waals surface area contributed by atoms with E-state index in [1.54, 1.807) is 36.4 Å². The molecule has 4 rings (SSSR count). The highest BCUT2D eigenvalue weighted by Crippen LogP contribution is 2.32. The first-order chi connectivity index (χ1) is 12.7. The fourth-order valence-electron chi connectivity index (χ4n) is 3.21. The molecule has 128 valence electrons. The molecular weight excluding hydrogens is 328 g/mol. The molecule has 0 fully saturated rings. The maximum Gasteiger partial charge on any atom is 0.132 e. The van der Waals surface area contributed by atoms with E-state index < -0.39 is 0 Å². The maximum absolute atomic E-state index is 14.4. The van der Waals surface area contributed by atoms with Gasteiger partial charge in [-0.2, -0.15) is 0 Å². The maximum atomic E-state index is 14.4. The second kappa shape index (κ2) is 6.96. The van der Waals surface area contributed by atoms with Crippen LogP contribution in [0.3, 0.4) is 0 Å². The van der Waals surface area contributed by atoms with E-state index in [2.05, 4.69) is 0 Å². The predicted octanol–water partition coefficient (Wildman–Crippen LogP) is 6.15. The Labute approximate surface area is 151 Å². The van der Waals surface area contributed by atoms with Crippen molar-refractivity contribution >= 4 is 0 Å². The zero-order chi connectivity index (χ0) is 17.9. The van der Waals surface area contributed by atoms with Crippen LogP contribution < -0.4 is 0 Å². The number of nitrogens with zero attached hydrogens (tertiary/aromatic N) is 1. The van der Waals surface area contributed by atoms with Gasteiger partial charge in [0.15, 0.2) is 0 Å². The Morgan fingerprint density at radius 3 is 1.50 bits per heavy atom. The van der Waals surface area contributed by atoms with Gasteiger partial charge in [0.1, 0.15) is 11.6 Å². The third-order valence-corrected chi connectivity index (χ3v) is 4.46. The molecule has 0 spiro atoms. The lowest BCUT2D eigenvalue weighted by Gasteiger charge is -2.15. The summed E-state index contributed by atoms with van der Waals surface area (Å²) in [5.41, 5.74) is 3.53. The molecule has 1 heterocycles. The summed E-state index contributed by atoms with van der Waals surface area (Å²) in [6.45, 7) is 0.529. The van der Waals surface area contributed by atoms with Crippen molar-refractivity contribution < 1.29 is 8.78 Å². The molecule has 0 unspecified atom stereocenters. The average molecular weight is 345 g/mol. The summed E-state index contributed by atoms with van der Waals surface area (Å²) in [6.07, 6.45) is 0. The molecule has 0 aliphatic carbocycles. The van der Waals surface area contributed by atoms with Crippen LogP contribution in [-0.4, -0.2) is 4.57 Å². The highest BCUT2D eigenvalue weighted by atomic mass is 19.1. The van der Waals surface area contributed by atoms with Gasteiger partial charge in [-0.1, -0.05) is 54.6 Å². The Morgan fingerprint density at radius 1 is 0.538 bits per heavy atom. The number of aromatic nitrogens is 1. The van der Waals surface area contributed by atoms with Gasteiger partial charge in [-0.3, -0.25) is 0 Å². The SMILES string of the molecule is Fc1ccccc1-c1ccc(-c2ccccc2F)n1Cc1ccccc1. The quantitative estimate of drug-likeness (QED) is 0.418.